The van der Waals surface area contributed by atoms with Crippen LogP contribution in [0.1, 0.15) is 25.7 Å². The van der Waals surface area contributed by atoms with Gasteiger partial charge in [0, 0.05) is 19.7 Å². The lowest BCUT2D eigenvalue weighted by molar-refractivity contribution is 0.0315. The van der Waals surface area contributed by atoms with E-state index in [-0.39, 0.29) is 0 Å². The van der Waals surface area contributed by atoms with Crippen molar-refractivity contribution in [3.63, 3.8) is 0 Å². The van der Waals surface area contributed by atoms with Crippen LogP contribution < -0.4 is 5.73 Å². The Bertz CT molecular complexity index is 180. The molecule has 0 aromatic rings. The van der Waals surface area contributed by atoms with Crippen LogP contribution in [-0.4, -0.2) is 44.3 Å². The quantitative estimate of drug-likeness (QED) is 0.761. The van der Waals surface area contributed by atoms with Crippen molar-refractivity contribution in [3.8, 4) is 0 Å². The van der Waals surface area contributed by atoms with E-state index in [9.17, 15) is 0 Å². The molecule has 2 atom stereocenters. The van der Waals surface area contributed by atoms with Gasteiger partial charge in [-0.05, 0) is 50.6 Å². The lowest BCUT2D eigenvalue weighted by Crippen LogP contribution is -2.42. The minimum atomic E-state index is 0.739. The van der Waals surface area contributed by atoms with Crippen LogP contribution in [-0.2, 0) is 4.74 Å². The molecule has 2 heterocycles. The average molecular weight is 212 g/mol. The Morgan fingerprint density at radius 3 is 2.80 bits per heavy atom. The highest BCUT2D eigenvalue weighted by Gasteiger charge is 2.22. The highest BCUT2D eigenvalue weighted by molar-refractivity contribution is 4.76. The zero-order chi connectivity index (χ0) is 10.5. The van der Waals surface area contributed by atoms with Crippen molar-refractivity contribution >= 4 is 0 Å². The van der Waals surface area contributed by atoms with E-state index < -0.39 is 0 Å². The Morgan fingerprint density at radius 2 is 2.07 bits per heavy atom. The van der Waals surface area contributed by atoms with Gasteiger partial charge in [0.1, 0.15) is 0 Å². The van der Waals surface area contributed by atoms with Crippen molar-refractivity contribution in [2.75, 3.05) is 39.4 Å². The SMILES string of the molecule is NCC1CCCN(CC2CCCOC2)C1. The smallest absolute Gasteiger partial charge is 0.0506 e. The van der Waals surface area contributed by atoms with Crippen LogP contribution in [0.25, 0.3) is 0 Å². The van der Waals surface area contributed by atoms with Gasteiger partial charge in [0.15, 0.2) is 0 Å². The first-order chi connectivity index (χ1) is 7.38. The van der Waals surface area contributed by atoms with E-state index in [0.29, 0.717) is 0 Å². The lowest BCUT2D eigenvalue weighted by Gasteiger charge is -2.35. The number of hydrogen-bond donors (Lipinski definition) is 1. The van der Waals surface area contributed by atoms with Gasteiger partial charge in [-0.1, -0.05) is 0 Å². The number of nitrogens with two attached hydrogens (primary N) is 1. The first-order valence-corrected chi connectivity index (χ1v) is 6.38. The predicted molar refractivity (Wildman–Crippen MR) is 61.8 cm³/mol. The Kier molecular flexibility index (Phi) is 4.42. The summed E-state index contributed by atoms with van der Waals surface area (Å²) >= 11 is 0. The molecule has 0 spiro atoms. The molecule has 0 aliphatic carbocycles. The maximum Gasteiger partial charge on any atom is 0.0506 e. The fourth-order valence-electron chi connectivity index (χ4n) is 2.83. The Balaban J connectivity index is 1.72. The third-order valence-corrected chi connectivity index (χ3v) is 3.71. The molecule has 0 saturated carbocycles. The average Bonchev–Trinajstić information content (AvgIpc) is 2.31. The summed E-state index contributed by atoms with van der Waals surface area (Å²) in [6.45, 7) is 6.53. The molecule has 2 aliphatic heterocycles. The maximum absolute atomic E-state index is 5.75. The van der Waals surface area contributed by atoms with Crippen LogP contribution in [0.4, 0.5) is 0 Å². The standard InChI is InChI=1S/C12H24N2O/c13-7-11-3-1-5-14(8-11)9-12-4-2-6-15-10-12/h11-12H,1-10,13H2. The molecular weight excluding hydrogens is 188 g/mol. The Morgan fingerprint density at radius 1 is 1.20 bits per heavy atom. The molecule has 3 heteroatoms. The summed E-state index contributed by atoms with van der Waals surface area (Å²) in [6, 6.07) is 0. The van der Waals surface area contributed by atoms with Crippen molar-refractivity contribution in [2.24, 2.45) is 17.6 Å². The highest BCUT2D eigenvalue weighted by atomic mass is 16.5. The molecule has 0 aromatic heterocycles. The lowest BCUT2D eigenvalue weighted by atomic mass is 9.95. The van der Waals surface area contributed by atoms with Gasteiger partial charge < -0.3 is 15.4 Å². The van der Waals surface area contributed by atoms with E-state index in [2.05, 4.69) is 4.90 Å². The van der Waals surface area contributed by atoms with Crippen molar-refractivity contribution in [3.05, 3.63) is 0 Å². The van der Waals surface area contributed by atoms with E-state index in [0.717, 1.165) is 31.6 Å². The highest BCUT2D eigenvalue weighted by Crippen LogP contribution is 2.20. The van der Waals surface area contributed by atoms with E-state index in [1.54, 1.807) is 0 Å². The van der Waals surface area contributed by atoms with Crippen molar-refractivity contribution in [1.82, 2.24) is 4.90 Å². The zero-order valence-electron chi connectivity index (χ0n) is 9.66. The first kappa shape index (κ1) is 11.4. The van der Waals surface area contributed by atoms with Crippen molar-refractivity contribution in [2.45, 2.75) is 25.7 Å². The molecule has 2 unspecified atom stereocenters. The van der Waals surface area contributed by atoms with Gasteiger partial charge in [0.25, 0.3) is 0 Å². The fourth-order valence-corrected chi connectivity index (χ4v) is 2.83. The topological polar surface area (TPSA) is 38.5 Å². The molecule has 3 nitrogen and oxygen atoms in total. The molecule has 88 valence electrons. The molecule has 2 rings (SSSR count). The Labute approximate surface area is 93.0 Å². The second-order valence-electron chi connectivity index (χ2n) is 5.09. The van der Waals surface area contributed by atoms with E-state index >= 15 is 0 Å². The molecule has 0 bridgehead atoms. The van der Waals surface area contributed by atoms with Gasteiger partial charge in [-0.3, -0.25) is 0 Å². The van der Waals surface area contributed by atoms with Crippen LogP contribution in [0.3, 0.4) is 0 Å². The number of hydrogen-bond acceptors (Lipinski definition) is 3. The van der Waals surface area contributed by atoms with E-state index in [1.165, 1.54) is 45.3 Å². The number of rotatable bonds is 3. The van der Waals surface area contributed by atoms with E-state index in [1.807, 2.05) is 0 Å². The summed E-state index contributed by atoms with van der Waals surface area (Å²) in [7, 11) is 0. The van der Waals surface area contributed by atoms with Gasteiger partial charge in [-0.2, -0.15) is 0 Å². The summed E-state index contributed by atoms with van der Waals surface area (Å²) in [5, 5.41) is 0. The summed E-state index contributed by atoms with van der Waals surface area (Å²) in [4.78, 5) is 2.60. The zero-order valence-corrected chi connectivity index (χ0v) is 9.66. The largest absolute Gasteiger partial charge is 0.381 e. The van der Waals surface area contributed by atoms with Crippen LogP contribution in [0, 0.1) is 11.8 Å². The van der Waals surface area contributed by atoms with Crippen LogP contribution in [0.15, 0.2) is 0 Å². The van der Waals surface area contributed by atoms with Crippen LogP contribution in [0.2, 0.25) is 0 Å². The van der Waals surface area contributed by atoms with E-state index in [4.69, 9.17) is 10.5 Å². The molecule has 15 heavy (non-hydrogen) atoms. The minimum absolute atomic E-state index is 0.739. The first-order valence-electron chi connectivity index (χ1n) is 6.38. The second-order valence-corrected chi connectivity index (χ2v) is 5.09. The molecule has 0 amide bonds. The summed E-state index contributed by atoms with van der Waals surface area (Å²) in [5.74, 6) is 1.51. The summed E-state index contributed by atoms with van der Waals surface area (Å²) in [5.41, 5.74) is 5.75. The summed E-state index contributed by atoms with van der Waals surface area (Å²) < 4.78 is 5.53. The predicted octanol–water partition coefficient (Wildman–Crippen LogP) is 1.08. The van der Waals surface area contributed by atoms with Gasteiger partial charge in [-0.25, -0.2) is 0 Å². The molecule has 2 aliphatic rings. The molecule has 2 fully saturated rings. The van der Waals surface area contributed by atoms with Crippen molar-refractivity contribution in [1.29, 1.82) is 0 Å². The monoisotopic (exact) mass is 212 g/mol. The minimum Gasteiger partial charge on any atom is -0.381 e. The third kappa shape index (κ3) is 3.44. The molecular formula is C12H24N2O. The Hall–Kier alpha value is -0.120. The maximum atomic E-state index is 5.75. The number of likely N-dealkylation sites (tertiary alicyclic amines) is 1. The van der Waals surface area contributed by atoms with Crippen LogP contribution in [0.5, 0.6) is 0 Å². The second kappa shape index (κ2) is 5.83. The number of ether oxygens (including phenoxy) is 1. The summed E-state index contributed by atoms with van der Waals surface area (Å²) in [6.07, 6.45) is 5.26. The molecule has 2 saturated heterocycles. The van der Waals surface area contributed by atoms with Crippen molar-refractivity contribution < 1.29 is 4.74 Å². The number of nitrogens with zero attached hydrogens (tertiary/aromatic N) is 1. The normalized spacial score (nSPS) is 34.2. The number of piperidine rings is 1. The third-order valence-electron chi connectivity index (χ3n) is 3.71. The molecule has 0 aromatic carbocycles. The van der Waals surface area contributed by atoms with Gasteiger partial charge in [0.05, 0.1) is 6.61 Å². The molecule has 0 radical (unpaired) electrons. The van der Waals surface area contributed by atoms with Gasteiger partial charge >= 0.3 is 0 Å². The van der Waals surface area contributed by atoms with Gasteiger partial charge in [0.2, 0.25) is 0 Å². The fraction of sp³-hybridized carbons (Fsp3) is 1.00. The van der Waals surface area contributed by atoms with Gasteiger partial charge in [-0.15, -0.1) is 0 Å². The molecule has 2 N–H and O–H groups in total. The van der Waals surface area contributed by atoms with Crippen LogP contribution >= 0.6 is 0 Å².